The molecule has 0 aliphatic heterocycles. The molecule has 0 saturated heterocycles. The lowest BCUT2D eigenvalue weighted by Crippen LogP contribution is -2.32. The van der Waals surface area contributed by atoms with Crippen molar-refractivity contribution in [1.29, 1.82) is 0 Å². The van der Waals surface area contributed by atoms with Gasteiger partial charge in [-0.3, -0.25) is 0 Å². The fourth-order valence-corrected chi connectivity index (χ4v) is 2.05. The molecule has 1 aromatic heterocycles. The van der Waals surface area contributed by atoms with E-state index in [1.54, 1.807) is 30.3 Å². The Morgan fingerprint density at radius 1 is 1.19 bits per heavy atom. The average Bonchev–Trinajstić information content (AvgIpc) is 2.71. The van der Waals surface area contributed by atoms with E-state index in [1.165, 1.54) is 12.3 Å². The van der Waals surface area contributed by atoms with Crippen LogP contribution in [-0.2, 0) is 10.2 Å². The fourth-order valence-electron chi connectivity index (χ4n) is 1.28. The number of para-hydroxylation sites is 1. The van der Waals surface area contributed by atoms with E-state index < -0.39 is 10.2 Å². The van der Waals surface area contributed by atoms with E-state index in [-0.39, 0.29) is 5.82 Å². The minimum atomic E-state index is -3.93. The van der Waals surface area contributed by atoms with Gasteiger partial charge >= 0.3 is 10.2 Å². The zero-order chi connectivity index (χ0) is 11.6. The largest absolute Gasteiger partial charge is 0.363 e. The summed E-state index contributed by atoms with van der Waals surface area (Å²) in [5.41, 5.74) is 0.402. The van der Waals surface area contributed by atoms with Crippen molar-refractivity contribution in [1.82, 2.24) is 5.16 Å². The van der Waals surface area contributed by atoms with E-state index in [0.717, 1.165) is 4.31 Å². The Hall–Kier alpha value is -1.86. The van der Waals surface area contributed by atoms with Gasteiger partial charge in [-0.15, -0.1) is 0 Å². The predicted molar refractivity (Wildman–Crippen MR) is 58.2 cm³/mol. The van der Waals surface area contributed by atoms with Crippen molar-refractivity contribution in [2.45, 2.75) is 0 Å². The van der Waals surface area contributed by atoms with Gasteiger partial charge in [0.15, 0.2) is 5.82 Å². The number of hydrogen-bond donors (Lipinski definition) is 1. The molecule has 6 nitrogen and oxygen atoms in total. The Labute approximate surface area is 92.4 Å². The van der Waals surface area contributed by atoms with Crippen molar-refractivity contribution in [3.8, 4) is 0 Å². The van der Waals surface area contributed by atoms with E-state index in [4.69, 9.17) is 5.14 Å². The van der Waals surface area contributed by atoms with E-state index >= 15 is 0 Å². The van der Waals surface area contributed by atoms with E-state index in [2.05, 4.69) is 9.68 Å². The monoisotopic (exact) mass is 239 g/mol. The van der Waals surface area contributed by atoms with E-state index in [1.807, 2.05) is 0 Å². The topological polar surface area (TPSA) is 89.4 Å². The maximum absolute atomic E-state index is 11.5. The molecule has 84 valence electrons. The normalized spacial score (nSPS) is 11.3. The third-order valence-corrected chi connectivity index (χ3v) is 2.78. The molecule has 0 spiro atoms. The molecule has 0 unspecified atom stereocenters. The van der Waals surface area contributed by atoms with Crippen LogP contribution in [0.2, 0.25) is 0 Å². The van der Waals surface area contributed by atoms with Crippen LogP contribution in [0.25, 0.3) is 0 Å². The molecular weight excluding hydrogens is 230 g/mol. The van der Waals surface area contributed by atoms with Crippen LogP contribution in [0.5, 0.6) is 0 Å². The fraction of sp³-hybridized carbons (Fsp3) is 0. The molecule has 2 rings (SSSR count). The zero-order valence-corrected chi connectivity index (χ0v) is 8.96. The van der Waals surface area contributed by atoms with Crippen molar-refractivity contribution < 1.29 is 12.9 Å². The SMILES string of the molecule is NS(=O)(=O)N(c1ccccc1)c1ccon1. The summed E-state index contributed by atoms with van der Waals surface area (Å²) in [7, 11) is -3.93. The molecule has 0 aliphatic rings. The molecular formula is C9H9N3O3S. The van der Waals surface area contributed by atoms with Gasteiger partial charge in [-0.2, -0.15) is 8.42 Å². The van der Waals surface area contributed by atoms with Crippen molar-refractivity contribution in [2.24, 2.45) is 5.14 Å². The molecule has 0 aliphatic carbocycles. The van der Waals surface area contributed by atoms with Gasteiger partial charge in [0.2, 0.25) is 0 Å². The number of anilines is 2. The summed E-state index contributed by atoms with van der Waals surface area (Å²) in [5, 5.41) is 8.67. The van der Waals surface area contributed by atoms with Crippen molar-refractivity contribution >= 4 is 21.7 Å². The minimum absolute atomic E-state index is 0.119. The molecule has 1 heterocycles. The number of aromatic nitrogens is 1. The van der Waals surface area contributed by atoms with Crippen LogP contribution in [0.1, 0.15) is 0 Å². The Balaban J connectivity index is 2.54. The van der Waals surface area contributed by atoms with Crippen LogP contribution >= 0.6 is 0 Å². The lowest BCUT2D eigenvalue weighted by molar-refractivity contribution is 0.421. The second kappa shape index (κ2) is 3.95. The molecule has 2 aromatic rings. The van der Waals surface area contributed by atoms with Crippen LogP contribution in [0.4, 0.5) is 11.5 Å². The van der Waals surface area contributed by atoms with Gasteiger partial charge in [0, 0.05) is 6.07 Å². The van der Waals surface area contributed by atoms with Gasteiger partial charge < -0.3 is 4.52 Å². The van der Waals surface area contributed by atoms with E-state index in [0.29, 0.717) is 5.69 Å². The second-order valence-electron chi connectivity index (χ2n) is 3.00. The highest BCUT2D eigenvalue weighted by atomic mass is 32.2. The van der Waals surface area contributed by atoms with Crippen LogP contribution in [-0.4, -0.2) is 13.6 Å². The number of hydrogen-bond acceptors (Lipinski definition) is 4. The third kappa shape index (κ3) is 2.05. The molecule has 0 fully saturated rings. The highest BCUT2D eigenvalue weighted by Gasteiger charge is 2.22. The lowest BCUT2D eigenvalue weighted by Gasteiger charge is -2.17. The number of nitrogens with two attached hydrogens (primary N) is 1. The van der Waals surface area contributed by atoms with Crippen molar-refractivity contribution in [3.05, 3.63) is 42.7 Å². The Morgan fingerprint density at radius 2 is 1.88 bits per heavy atom. The van der Waals surface area contributed by atoms with Crippen LogP contribution < -0.4 is 9.44 Å². The summed E-state index contributed by atoms with van der Waals surface area (Å²) in [4.78, 5) is 0. The highest BCUT2D eigenvalue weighted by Crippen LogP contribution is 2.25. The first-order valence-electron chi connectivity index (χ1n) is 4.37. The summed E-state index contributed by atoms with van der Waals surface area (Å²) in [5.74, 6) is 0.119. The first kappa shape index (κ1) is 10.7. The Kier molecular flexibility index (Phi) is 2.63. The van der Waals surface area contributed by atoms with Gasteiger partial charge in [-0.25, -0.2) is 9.44 Å². The standard InChI is InChI=1S/C9H9N3O3S/c10-16(13,14)12(9-6-7-15-11-9)8-4-2-1-3-5-8/h1-7H,(H2,10,13,14). The maximum atomic E-state index is 11.5. The molecule has 0 radical (unpaired) electrons. The first-order valence-corrected chi connectivity index (χ1v) is 5.88. The molecule has 2 N–H and O–H groups in total. The summed E-state index contributed by atoms with van der Waals surface area (Å²) in [6, 6.07) is 9.81. The molecule has 0 saturated carbocycles. The summed E-state index contributed by atoms with van der Waals surface area (Å²) in [6.07, 6.45) is 1.27. The molecule has 1 aromatic carbocycles. The summed E-state index contributed by atoms with van der Waals surface area (Å²) in [6.45, 7) is 0. The second-order valence-corrected chi connectivity index (χ2v) is 4.40. The van der Waals surface area contributed by atoms with Gasteiger partial charge in [-0.1, -0.05) is 23.4 Å². The Morgan fingerprint density at radius 3 is 2.38 bits per heavy atom. The van der Waals surface area contributed by atoms with Crippen LogP contribution in [0, 0.1) is 0 Å². The predicted octanol–water partition coefficient (Wildman–Crippen LogP) is 1.02. The van der Waals surface area contributed by atoms with Gasteiger partial charge in [0.05, 0.1) is 5.69 Å². The number of nitrogens with zero attached hydrogens (tertiary/aromatic N) is 2. The van der Waals surface area contributed by atoms with Crippen LogP contribution in [0.3, 0.4) is 0 Å². The zero-order valence-electron chi connectivity index (χ0n) is 8.15. The van der Waals surface area contributed by atoms with Crippen LogP contribution in [0.15, 0.2) is 47.2 Å². The van der Waals surface area contributed by atoms with Crippen molar-refractivity contribution in [3.63, 3.8) is 0 Å². The molecule has 0 amide bonds. The lowest BCUT2D eigenvalue weighted by atomic mass is 10.3. The number of benzene rings is 1. The third-order valence-electron chi connectivity index (χ3n) is 1.88. The molecule has 0 atom stereocenters. The molecule has 0 bridgehead atoms. The molecule has 7 heteroatoms. The number of rotatable bonds is 3. The van der Waals surface area contributed by atoms with Gasteiger partial charge in [-0.05, 0) is 12.1 Å². The van der Waals surface area contributed by atoms with E-state index in [9.17, 15) is 8.42 Å². The molecule has 16 heavy (non-hydrogen) atoms. The first-order chi connectivity index (χ1) is 7.59. The maximum Gasteiger partial charge on any atom is 0.304 e. The van der Waals surface area contributed by atoms with Gasteiger partial charge in [0.25, 0.3) is 0 Å². The smallest absolute Gasteiger partial charge is 0.304 e. The highest BCUT2D eigenvalue weighted by molar-refractivity contribution is 7.90. The minimum Gasteiger partial charge on any atom is -0.363 e. The summed E-state index contributed by atoms with van der Waals surface area (Å²) >= 11 is 0. The summed E-state index contributed by atoms with van der Waals surface area (Å²) < 4.78 is 28.4. The average molecular weight is 239 g/mol. The van der Waals surface area contributed by atoms with Gasteiger partial charge in [0.1, 0.15) is 6.26 Å². The van der Waals surface area contributed by atoms with Crippen molar-refractivity contribution in [2.75, 3.05) is 4.31 Å². The quantitative estimate of drug-likeness (QED) is 0.865. The Bertz CT molecular complexity index is 551.